The number of hydrogen-bond acceptors (Lipinski definition) is 1. The SMILES string of the molecule is C=C(C)N.CC(C)C. The van der Waals surface area contributed by atoms with E-state index in [0.29, 0.717) is 5.70 Å². The first kappa shape index (κ1) is 10.5. The largest absolute Gasteiger partial charge is 0.403 e. The fraction of sp³-hybridized carbons (Fsp3) is 0.714. The van der Waals surface area contributed by atoms with Crippen LogP contribution >= 0.6 is 0 Å². The molecular formula is C7H17N. The maximum atomic E-state index is 4.92. The molecular weight excluding hydrogens is 98.1 g/mol. The van der Waals surface area contributed by atoms with Crippen LogP contribution in [0.4, 0.5) is 0 Å². The molecule has 0 aromatic rings. The zero-order chi connectivity index (χ0) is 7.15. The van der Waals surface area contributed by atoms with Crippen LogP contribution in [0.25, 0.3) is 0 Å². The molecule has 1 nitrogen and oxygen atoms in total. The molecule has 0 saturated heterocycles. The Bertz CT molecular complexity index is 48.7. The van der Waals surface area contributed by atoms with E-state index in [-0.39, 0.29) is 0 Å². The van der Waals surface area contributed by atoms with Crippen molar-refractivity contribution in [2.75, 3.05) is 0 Å². The van der Waals surface area contributed by atoms with E-state index in [2.05, 4.69) is 27.4 Å². The highest BCUT2D eigenvalue weighted by atomic mass is 14.5. The van der Waals surface area contributed by atoms with Gasteiger partial charge in [0.15, 0.2) is 0 Å². The van der Waals surface area contributed by atoms with E-state index >= 15 is 0 Å². The van der Waals surface area contributed by atoms with Crippen LogP contribution in [0.3, 0.4) is 0 Å². The van der Waals surface area contributed by atoms with Crippen molar-refractivity contribution in [2.24, 2.45) is 11.7 Å². The van der Waals surface area contributed by atoms with Crippen LogP contribution in [-0.4, -0.2) is 0 Å². The van der Waals surface area contributed by atoms with Crippen molar-refractivity contribution >= 4 is 0 Å². The van der Waals surface area contributed by atoms with Gasteiger partial charge in [-0.2, -0.15) is 0 Å². The highest BCUT2D eigenvalue weighted by Crippen LogP contribution is 1.81. The van der Waals surface area contributed by atoms with Gasteiger partial charge in [-0.25, -0.2) is 0 Å². The van der Waals surface area contributed by atoms with Gasteiger partial charge < -0.3 is 5.73 Å². The molecule has 0 radical (unpaired) electrons. The van der Waals surface area contributed by atoms with Crippen LogP contribution in [-0.2, 0) is 0 Å². The van der Waals surface area contributed by atoms with Gasteiger partial charge in [0, 0.05) is 0 Å². The summed E-state index contributed by atoms with van der Waals surface area (Å²) in [4.78, 5) is 0. The predicted octanol–water partition coefficient (Wildman–Crippen LogP) is 2.14. The lowest BCUT2D eigenvalue weighted by Gasteiger charge is -1.79. The molecule has 0 unspecified atom stereocenters. The lowest BCUT2D eigenvalue weighted by molar-refractivity contribution is 0.737. The van der Waals surface area contributed by atoms with Gasteiger partial charge in [0.1, 0.15) is 0 Å². The summed E-state index contributed by atoms with van der Waals surface area (Å²) in [7, 11) is 0. The van der Waals surface area contributed by atoms with Crippen LogP contribution in [0.5, 0.6) is 0 Å². The molecule has 0 heterocycles. The van der Waals surface area contributed by atoms with E-state index < -0.39 is 0 Å². The molecule has 0 aliphatic heterocycles. The second-order valence-electron chi connectivity index (χ2n) is 2.58. The normalized spacial score (nSPS) is 7.62. The molecule has 0 amide bonds. The maximum absolute atomic E-state index is 4.92. The molecule has 0 atom stereocenters. The average molecular weight is 115 g/mol. The summed E-state index contributed by atoms with van der Waals surface area (Å²) in [5.41, 5.74) is 5.58. The third kappa shape index (κ3) is 540. The van der Waals surface area contributed by atoms with Gasteiger partial charge in [-0.05, 0) is 18.5 Å². The molecule has 0 aromatic carbocycles. The van der Waals surface area contributed by atoms with Crippen molar-refractivity contribution < 1.29 is 0 Å². The van der Waals surface area contributed by atoms with Gasteiger partial charge >= 0.3 is 0 Å². The van der Waals surface area contributed by atoms with E-state index in [1.807, 2.05) is 0 Å². The second kappa shape index (κ2) is 6.54. The lowest BCUT2D eigenvalue weighted by atomic mass is 10.3. The maximum Gasteiger partial charge on any atom is -0.00242 e. The molecule has 0 saturated carbocycles. The summed E-state index contributed by atoms with van der Waals surface area (Å²) < 4.78 is 0. The summed E-state index contributed by atoms with van der Waals surface area (Å²) in [5.74, 6) is 0.833. The molecule has 2 N–H and O–H groups in total. The molecule has 0 aromatic heterocycles. The van der Waals surface area contributed by atoms with Crippen LogP contribution in [0.1, 0.15) is 27.7 Å². The Hall–Kier alpha value is -0.460. The van der Waals surface area contributed by atoms with Gasteiger partial charge in [0.25, 0.3) is 0 Å². The van der Waals surface area contributed by atoms with Crippen LogP contribution < -0.4 is 5.73 Å². The quantitative estimate of drug-likeness (QED) is 0.514. The standard InChI is InChI=1S/C4H10.C3H7N/c1-4(2)3;1-3(2)4/h4H,1-3H3;1,4H2,2H3. The van der Waals surface area contributed by atoms with Crippen molar-refractivity contribution in [3.05, 3.63) is 12.3 Å². The van der Waals surface area contributed by atoms with E-state index in [1.54, 1.807) is 6.92 Å². The van der Waals surface area contributed by atoms with Crippen molar-refractivity contribution in [2.45, 2.75) is 27.7 Å². The van der Waals surface area contributed by atoms with E-state index in [0.717, 1.165) is 5.92 Å². The molecule has 0 aliphatic carbocycles. The van der Waals surface area contributed by atoms with Gasteiger partial charge in [-0.15, -0.1) is 0 Å². The molecule has 1 heteroatoms. The van der Waals surface area contributed by atoms with Crippen molar-refractivity contribution in [3.8, 4) is 0 Å². The van der Waals surface area contributed by atoms with E-state index in [4.69, 9.17) is 5.73 Å². The van der Waals surface area contributed by atoms with Crippen LogP contribution in [0.2, 0.25) is 0 Å². The first-order valence-corrected chi connectivity index (χ1v) is 2.87. The zero-order valence-electron chi connectivity index (χ0n) is 6.36. The Morgan fingerprint density at radius 3 is 1.38 bits per heavy atom. The molecule has 0 fully saturated rings. The third-order valence-corrected chi connectivity index (χ3v) is 0. The van der Waals surface area contributed by atoms with E-state index in [1.165, 1.54) is 0 Å². The van der Waals surface area contributed by atoms with Crippen molar-refractivity contribution in [1.29, 1.82) is 0 Å². The fourth-order valence-corrected chi connectivity index (χ4v) is 0. The Morgan fingerprint density at radius 2 is 1.38 bits per heavy atom. The topological polar surface area (TPSA) is 26.0 Å². The first-order valence-electron chi connectivity index (χ1n) is 2.87. The van der Waals surface area contributed by atoms with Gasteiger partial charge in [-0.1, -0.05) is 27.4 Å². The Labute approximate surface area is 52.6 Å². The minimum Gasteiger partial charge on any atom is -0.403 e. The minimum absolute atomic E-state index is 0.667. The Kier molecular flexibility index (Phi) is 8.59. The highest BCUT2D eigenvalue weighted by molar-refractivity contribution is 4.76. The smallest absolute Gasteiger partial charge is 0.00242 e. The molecule has 0 rings (SSSR count). The molecule has 0 spiro atoms. The Balaban J connectivity index is 0. The van der Waals surface area contributed by atoms with Gasteiger partial charge in [0.2, 0.25) is 0 Å². The van der Waals surface area contributed by atoms with Gasteiger partial charge in [-0.3, -0.25) is 0 Å². The summed E-state index contributed by atoms with van der Waals surface area (Å²) >= 11 is 0. The summed E-state index contributed by atoms with van der Waals surface area (Å²) in [6, 6.07) is 0. The number of allylic oxidation sites excluding steroid dienone is 1. The summed E-state index contributed by atoms with van der Waals surface area (Å²) in [6.45, 7) is 11.6. The van der Waals surface area contributed by atoms with Crippen LogP contribution in [0, 0.1) is 5.92 Å². The number of hydrogen-bond donors (Lipinski definition) is 1. The predicted molar refractivity (Wildman–Crippen MR) is 39.5 cm³/mol. The van der Waals surface area contributed by atoms with Crippen molar-refractivity contribution in [1.82, 2.24) is 0 Å². The lowest BCUT2D eigenvalue weighted by Crippen LogP contribution is -1.83. The minimum atomic E-state index is 0.667. The van der Waals surface area contributed by atoms with Crippen molar-refractivity contribution in [3.63, 3.8) is 0 Å². The summed E-state index contributed by atoms with van der Waals surface area (Å²) in [5, 5.41) is 0. The number of nitrogens with two attached hydrogens (primary N) is 1. The molecule has 0 aliphatic rings. The number of rotatable bonds is 0. The molecule has 50 valence electrons. The van der Waals surface area contributed by atoms with Gasteiger partial charge in [0.05, 0.1) is 0 Å². The van der Waals surface area contributed by atoms with Crippen LogP contribution in [0.15, 0.2) is 12.3 Å². The monoisotopic (exact) mass is 115 g/mol. The molecule has 0 bridgehead atoms. The summed E-state index contributed by atoms with van der Waals surface area (Å²) in [6.07, 6.45) is 0. The molecule has 8 heavy (non-hydrogen) atoms. The third-order valence-electron chi connectivity index (χ3n) is 0. The fourth-order valence-electron chi connectivity index (χ4n) is 0. The highest BCUT2D eigenvalue weighted by Gasteiger charge is 1.68. The zero-order valence-corrected chi connectivity index (χ0v) is 6.36. The average Bonchev–Trinajstić information content (AvgIpc) is 1.25. The second-order valence-corrected chi connectivity index (χ2v) is 2.58. The first-order chi connectivity index (χ1) is 3.46. The Morgan fingerprint density at radius 1 is 1.38 bits per heavy atom. The van der Waals surface area contributed by atoms with E-state index in [9.17, 15) is 0 Å².